The lowest BCUT2D eigenvalue weighted by atomic mass is 9.52. The van der Waals surface area contributed by atoms with Gasteiger partial charge in [-0.25, -0.2) is 0 Å². The van der Waals surface area contributed by atoms with Crippen LogP contribution in [0.3, 0.4) is 0 Å². The fourth-order valence-electron chi connectivity index (χ4n) is 12.8. The number of fused-ring (bicyclic) bond motifs is 11. The summed E-state index contributed by atoms with van der Waals surface area (Å²) in [5.74, 6) is 0. The molecule has 2 atom stereocenters. The molecule has 0 aliphatic heterocycles. The molecule has 0 spiro atoms. The van der Waals surface area contributed by atoms with Crippen LogP contribution in [0.2, 0.25) is 0 Å². The maximum absolute atomic E-state index is 6.37. The van der Waals surface area contributed by atoms with E-state index in [-0.39, 0.29) is 5.41 Å². The molecule has 0 bridgehead atoms. The lowest BCUT2D eigenvalue weighted by Gasteiger charge is -2.49. The normalized spacial score (nSPS) is 17.9. The number of para-hydroxylation sites is 1. The zero-order chi connectivity index (χ0) is 44.5. The number of anilines is 3. The summed E-state index contributed by atoms with van der Waals surface area (Å²) in [6.07, 6.45) is 0. The first-order chi connectivity index (χ1) is 33.0. The van der Waals surface area contributed by atoms with E-state index in [1.54, 1.807) is 0 Å². The van der Waals surface area contributed by atoms with E-state index in [2.05, 4.69) is 249 Å². The van der Waals surface area contributed by atoms with Gasteiger partial charge in [0.05, 0.1) is 10.8 Å². The molecule has 10 aromatic carbocycles. The first-order valence-corrected chi connectivity index (χ1v) is 23.5. The predicted molar refractivity (Wildman–Crippen MR) is 275 cm³/mol. The summed E-state index contributed by atoms with van der Waals surface area (Å²) in [4.78, 5) is 2.44. The highest BCUT2D eigenvalue weighted by atomic mass is 16.3. The Morgan fingerprint density at radius 2 is 0.806 bits per heavy atom. The fraction of sp³-hybridized carbons (Fsp3) is 0.0769. The van der Waals surface area contributed by atoms with Gasteiger partial charge in [-0.15, -0.1) is 0 Å². The Bertz CT molecular complexity index is 3790. The van der Waals surface area contributed by atoms with Gasteiger partial charge in [0.15, 0.2) is 0 Å². The molecule has 1 heterocycles. The second kappa shape index (κ2) is 13.9. The van der Waals surface area contributed by atoms with Crippen molar-refractivity contribution in [1.29, 1.82) is 0 Å². The van der Waals surface area contributed by atoms with Crippen molar-refractivity contribution < 1.29 is 4.42 Å². The molecule has 14 rings (SSSR count). The summed E-state index contributed by atoms with van der Waals surface area (Å²) in [6, 6.07) is 88.4. The average molecular weight is 856 g/mol. The molecule has 2 heteroatoms. The molecule has 2 nitrogen and oxygen atoms in total. The Balaban J connectivity index is 1.02. The number of furan rings is 1. The molecular weight excluding hydrogens is 811 g/mol. The molecule has 2 unspecified atom stereocenters. The molecule has 0 saturated carbocycles. The minimum absolute atomic E-state index is 0.150. The molecule has 0 amide bonds. The summed E-state index contributed by atoms with van der Waals surface area (Å²) in [7, 11) is 0. The summed E-state index contributed by atoms with van der Waals surface area (Å²) >= 11 is 0. The molecule has 1 aromatic heterocycles. The van der Waals surface area contributed by atoms with Crippen molar-refractivity contribution >= 4 is 39.0 Å². The van der Waals surface area contributed by atoms with E-state index >= 15 is 0 Å². The Hall–Kier alpha value is -8.20. The second-order valence-corrected chi connectivity index (χ2v) is 19.1. The van der Waals surface area contributed by atoms with Gasteiger partial charge in [-0.05, 0) is 126 Å². The predicted octanol–water partition coefficient (Wildman–Crippen LogP) is 16.4. The van der Waals surface area contributed by atoms with Crippen molar-refractivity contribution in [3.63, 3.8) is 0 Å². The summed E-state index contributed by atoms with van der Waals surface area (Å²) in [5.41, 5.74) is 22.1. The standard InChI is InChI=1S/C65H45NO/c1-63(2)54-26-12-9-22-48(54)50-38-36-47(41-59(50)63)66(46-37-39-61-53(40-46)51-24-11-16-31-60(51)67-61)45-34-32-44(33-35-45)64(42-18-5-3-6-19-42)56-28-14-15-29-57(56)65(43-20-7-4-8-21-43)55-27-13-10-23-49(55)52-25-17-30-58(64)62(52)65/h3-41H,1-2H3. The minimum atomic E-state index is -0.634. The highest BCUT2D eigenvalue weighted by Crippen LogP contribution is 2.66. The monoisotopic (exact) mass is 855 g/mol. The molecule has 67 heavy (non-hydrogen) atoms. The van der Waals surface area contributed by atoms with Crippen molar-refractivity contribution in [3.05, 3.63) is 292 Å². The van der Waals surface area contributed by atoms with Gasteiger partial charge < -0.3 is 9.32 Å². The number of hydrogen-bond acceptors (Lipinski definition) is 2. The molecule has 0 N–H and O–H groups in total. The van der Waals surface area contributed by atoms with E-state index in [4.69, 9.17) is 4.42 Å². The Morgan fingerprint density at radius 3 is 1.55 bits per heavy atom. The van der Waals surface area contributed by atoms with Crippen LogP contribution in [-0.4, -0.2) is 0 Å². The maximum atomic E-state index is 6.37. The molecule has 3 aliphatic carbocycles. The van der Waals surface area contributed by atoms with Gasteiger partial charge in [-0.1, -0.05) is 202 Å². The Morgan fingerprint density at radius 1 is 0.313 bits per heavy atom. The second-order valence-electron chi connectivity index (χ2n) is 19.1. The zero-order valence-electron chi connectivity index (χ0n) is 37.4. The lowest BCUT2D eigenvalue weighted by Crippen LogP contribution is -2.44. The van der Waals surface area contributed by atoms with Crippen molar-refractivity contribution in [3.8, 4) is 22.3 Å². The van der Waals surface area contributed by atoms with E-state index < -0.39 is 10.8 Å². The Labute approximate surface area is 391 Å². The molecular formula is C65H45NO. The minimum Gasteiger partial charge on any atom is -0.456 e. The van der Waals surface area contributed by atoms with E-state index in [0.29, 0.717) is 0 Å². The first-order valence-electron chi connectivity index (χ1n) is 23.5. The van der Waals surface area contributed by atoms with Crippen LogP contribution in [0.1, 0.15) is 69.5 Å². The molecule has 0 saturated heterocycles. The van der Waals surface area contributed by atoms with Crippen LogP contribution in [0, 0.1) is 0 Å². The number of nitrogens with zero attached hydrogens (tertiary/aromatic N) is 1. The van der Waals surface area contributed by atoms with E-state index in [9.17, 15) is 0 Å². The van der Waals surface area contributed by atoms with Crippen LogP contribution in [0.15, 0.2) is 241 Å². The highest BCUT2D eigenvalue weighted by molar-refractivity contribution is 6.06. The SMILES string of the molecule is CC1(C)c2ccccc2-c2ccc(N(c3ccc(C4(c5ccccc5)c5ccccc5C5(c6ccccc6)c6ccccc6-c6cccc4c65)cc3)c3ccc4oc5ccccc5c4c3)cc21. The lowest BCUT2D eigenvalue weighted by molar-refractivity contribution is 0.626. The van der Waals surface area contributed by atoms with Crippen LogP contribution in [0.5, 0.6) is 0 Å². The number of rotatable bonds is 6. The topological polar surface area (TPSA) is 16.4 Å². The van der Waals surface area contributed by atoms with E-state index in [0.717, 1.165) is 39.0 Å². The summed E-state index contributed by atoms with van der Waals surface area (Å²) in [5, 5.41) is 2.22. The smallest absolute Gasteiger partial charge is 0.135 e. The summed E-state index contributed by atoms with van der Waals surface area (Å²) < 4.78 is 6.37. The van der Waals surface area contributed by atoms with Crippen molar-refractivity contribution in [2.24, 2.45) is 0 Å². The van der Waals surface area contributed by atoms with Crippen LogP contribution in [-0.2, 0) is 16.2 Å². The van der Waals surface area contributed by atoms with Gasteiger partial charge in [-0.3, -0.25) is 0 Å². The van der Waals surface area contributed by atoms with Crippen molar-refractivity contribution in [2.45, 2.75) is 30.1 Å². The zero-order valence-corrected chi connectivity index (χ0v) is 37.4. The largest absolute Gasteiger partial charge is 0.456 e. The third-order valence-electron chi connectivity index (χ3n) is 15.6. The van der Waals surface area contributed by atoms with Crippen LogP contribution >= 0.6 is 0 Å². The number of benzene rings is 10. The number of hydrogen-bond donors (Lipinski definition) is 0. The Kier molecular flexibility index (Phi) is 7.91. The van der Waals surface area contributed by atoms with Gasteiger partial charge in [0.25, 0.3) is 0 Å². The quantitative estimate of drug-likeness (QED) is 0.166. The van der Waals surface area contributed by atoms with Crippen LogP contribution in [0.25, 0.3) is 44.2 Å². The van der Waals surface area contributed by atoms with Crippen LogP contribution < -0.4 is 4.90 Å². The van der Waals surface area contributed by atoms with Gasteiger partial charge >= 0.3 is 0 Å². The molecule has 316 valence electrons. The van der Waals surface area contributed by atoms with E-state index in [1.165, 1.54) is 77.9 Å². The van der Waals surface area contributed by atoms with Crippen LogP contribution in [0.4, 0.5) is 17.1 Å². The average Bonchev–Trinajstić information content (AvgIpc) is 3.99. The van der Waals surface area contributed by atoms with Gasteiger partial charge in [-0.2, -0.15) is 0 Å². The highest BCUT2D eigenvalue weighted by Gasteiger charge is 2.57. The van der Waals surface area contributed by atoms with E-state index in [1.807, 2.05) is 6.07 Å². The third-order valence-corrected chi connectivity index (χ3v) is 15.6. The summed E-state index contributed by atoms with van der Waals surface area (Å²) in [6.45, 7) is 4.72. The third kappa shape index (κ3) is 5.00. The van der Waals surface area contributed by atoms with Gasteiger partial charge in [0.1, 0.15) is 11.2 Å². The molecule has 0 radical (unpaired) electrons. The molecule has 3 aliphatic rings. The van der Waals surface area contributed by atoms with Crippen molar-refractivity contribution in [1.82, 2.24) is 0 Å². The molecule has 0 fully saturated rings. The molecule has 11 aromatic rings. The van der Waals surface area contributed by atoms with Gasteiger partial charge in [0.2, 0.25) is 0 Å². The van der Waals surface area contributed by atoms with Crippen molar-refractivity contribution in [2.75, 3.05) is 4.90 Å². The maximum Gasteiger partial charge on any atom is 0.135 e. The van der Waals surface area contributed by atoms with Gasteiger partial charge in [0, 0.05) is 33.2 Å². The first kappa shape index (κ1) is 38.1. The fourth-order valence-corrected chi connectivity index (χ4v) is 12.8.